The molecule has 0 saturated carbocycles. The molecule has 0 atom stereocenters. The van der Waals surface area contributed by atoms with Crippen LogP contribution in [0.1, 0.15) is 21.6 Å². The molecule has 0 unspecified atom stereocenters. The lowest BCUT2D eigenvalue weighted by Crippen LogP contribution is -2.19. The van der Waals surface area contributed by atoms with Crippen LogP contribution in [0.25, 0.3) is 0 Å². The summed E-state index contributed by atoms with van der Waals surface area (Å²) in [5.74, 6) is -0.822. The molecule has 2 aromatic carbocycles. The Morgan fingerprint density at radius 2 is 2.03 bits per heavy atom. The number of ether oxygens (including phenoxy) is 1. The average molecular weight is 553 g/mol. The molecule has 31 heavy (non-hydrogen) atoms. The lowest BCUT2D eigenvalue weighted by Gasteiger charge is -2.06. The molecule has 0 fully saturated rings. The summed E-state index contributed by atoms with van der Waals surface area (Å²) in [4.78, 5) is 23.1. The Balaban J connectivity index is 1.79. The third kappa shape index (κ3) is 5.47. The van der Waals surface area contributed by atoms with E-state index in [4.69, 9.17) is 4.74 Å². The number of phenolic OH excluding ortho intramolecular Hbond substituents is 1. The second-order valence-electron chi connectivity index (χ2n) is 6.19. The maximum absolute atomic E-state index is 12.4. The molecular formula is C19H15Br2N5O5. The molecule has 12 heteroatoms. The smallest absolute Gasteiger partial charge is 0.320 e. The third-order valence-electron chi connectivity index (χ3n) is 4.07. The van der Waals surface area contributed by atoms with Gasteiger partial charge in [-0.15, -0.1) is 0 Å². The first kappa shape index (κ1) is 22.4. The number of aromatic nitrogens is 2. The van der Waals surface area contributed by atoms with Crippen molar-refractivity contribution >= 4 is 49.7 Å². The average Bonchev–Trinajstić information content (AvgIpc) is 3.16. The van der Waals surface area contributed by atoms with E-state index in [2.05, 4.69) is 47.5 Å². The Bertz CT molecular complexity index is 1160. The number of methoxy groups -OCH3 is 1. The van der Waals surface area contributed by atoms with Gasteiger partial charge >= 0.3 is 5.69 Å². The Labute approximate surface area is 192 Å². The molecule has 3 rings (SSSR count). The fraction of sp³-hybridized carbons (Fsp3) is 0.105. The minimum Gasteiger partial charge on any atom is -0.504 e. The van der Waals surface area contributed by atoms with Gasteiger partial charge in [-0.1, -0.05) is 44.0 Å². The number of amides is 1. The predicted molar refractivity (Wildman–Crippen MR) is 120 cm³/mol. The van der Waals surface area contributed by atoms with Crippen molar-refractivity contribution in [3.63, 3.8) is 0 Å². The van der Waals surface area contributed by atoms with Crippen LogP contribution >= 0.6 is 31.9 Å². The minimum absolute atomic E-state index is 0.173. The fourth-order valence-corrected chi connectivity index (χ4v) is 3.34. The fourth-order valence-electron chi connectivity index (χ4n) is 2.63. The van der Waals surface area contributed by atoms with Crippen molar-refractivity contribution in [3.8, 4) is 11.5 Å². The summed E-state index contributed by atoms with van der Waals surface area (Å²) in [5, 5.41) is 29.3. The van der Waals surface area contributed by atoms with Gasteiger partial charge in [0.1, 0.15) is 6.20 Å². The molecule has 10 nitrogen and oxygen atoms in total. The summed E-state index contributed by atoms with van der Waals surface area (Å²) in [5.41, 5.74) is 2.48. The standard InChI is InChI=1S/C19H15Br2N5O5/c1-31-16-7-14(21)6-12(18(16)27)8-22-23-19(28)17-15(26(29)30)10-25(24-17)9-11-2-4-13(20)5-3-11/h2-8,10,27H,9H2,1H3,(H,23,28)/b22-8+. The molecule has 160 valence electrons. The summed E-state index contributed by atoms with van der Waals surface area (Å²) in [6.07, 6.45) is 2.37. The number of phenols is 1. The summed E-state index contributed by atoms with van der Waals surface area (Å²) in [6.45, 7) is 0.246. The number of hydrogen-bond acceptors (Lipinski definition) is 7. The number of nitrogens with zero attached hydrogens (tertiary/aromatic N) is 4. The second-order valence-corrected chi connectivity index (χ2v) is 8.02. The summed E-state index contributed by atoms with van der Waals surface area (Å²) in [6, 6.07) is 10.5. The molecule has 1 heterocycles. The maximum atomic E-state index is 12.4. The van der Waals surface area contributed by atoms with Crippen molar-refractivity contribution in [2.24, 2.45) is 5.10 Å². The highest BCUT2D eigenvalue weighted by molar-refractivity contribution is 9.10. The number of benzene rings is 2. The summed E-state index contributed by atoms with van der Waals surface area (Å²) in [7, 11) is 1.40. The van der Waals surface area contributed by atoms with Crippen molar-refractivity contribution in [2.75, 3.05) is 7.11 Å². The Hall–Kier alpha value is -3.25. The zero-order chi connectivity index (χ0) is 22.5. The van der Waals surface area contributed by atoms with E-state index in [1.165, 1.54) is 24.2 Å². The molecule has 0 aliphatic heterocycles. The quantitative estimate of drug-likeness (QED) is 0.260. The van der Waals surface area contributed by atoms with Crippen LogP contribution in [0, 0.1) is 10.1 Å². The van der Waals surface area contributed by atoms with Crippen molar-refractivity contribution in [3.05, 3.63) is 78.5 Å². The van der Waals surface area contributed by atoms with Gasteiger partial charge in [0.25, 0.3) is 5.91 Å². The molecule has 0 saturated heterocycles. The number of aromatic hydroxyl groups is 1. The van der Waals surface area contributed by atoms with Gasteiger partial charge in [-0.3, -0.25) is 19.6 Å². The molecule has 1 amide bonds. The van der Waals surface area contributed by atoms with Crippen LogP contribution in [0.2, 0.25) is 0 Å². The highest BCUT2D eigenvalue weighted by Crippen LogP contribution is 2.32. The number of nitro groups is 1. The molecule has 2 N–H and O–H groups in total. The highest BCUT2D eigenvalue weighted by atomic mass is 79.9. The number of nitrogens with one attached hydrogen (secondary N) is 1. The zero-order valence-electron chi connectivity index (χ0n) is 16.0. The SMILES string of the molecule is COc1cc(Br)cc(/C=N/NC(=O)c2nn(Cc3ccc(Br)cc3)cc2[N+](=O)[O-])c1O. The van der Waals surface area contributed by atoms with Gasteiger partial charge < -0.3 is 9.84 Å². The van der Waals surface area contributed by atoms with Gasteiger partial charge in [-0.2, -0.15) is 10.2 Å². The number of carbonyl (C=O) groups is 1. The van der Waals surface area contributed by atoms with Crippen LogP contribution in [0.5, 0.6) is 11.5 Å². The number of hydrogen-bond donors (Lipinski definition) is 2. The zero-order valence-corrected chi connectivity index (χ0v) is 19.1. The molecular weight excluding hydrogens is 538 g/mol. The van der Waals surface area contributed by atoms with Crippen molar-refractivity contribution in [1.82, 2.24) is 15.2 Å². The first-order valence-corrected chi connectivity index (χ1v) is 10.2. The van der Waals surface area contributed by atoms with Crippen LogP contribution in [-0.2, 0) is 6.54 Å². The van der Waals surface area contributed by atoms with E-state index in [0.717, 1.165) is 10.0 Å². The third-order valence-corrected chi connectivity index (χ3v) is 5.06. The first-order valence-electron chi connectivity index (χ1n) is 8.64. The van der Waals surface area contributed by atoms with E-state index in [1.807, 2.05) is 24.3 Å². The molecule has 0 aliphatic rings. The van der Waals surface area contributed by atoms with E-state index in [1.54, 1.807) is 12.1 Å². The topological polar surface area (TPSA) is 132 Å². The van der Waals surface area contributed by atoms with Gasteiger partial charge in [-0.05, 0) is 29.8 Å². The van der Waals surface area contributed by atoms with Gasteiger partial charge in [0, 0.05) is 14.5 Å². The number of carbonyl (C=O) groups excluding carboxylic acids is 1. The molecule has 0 aliphatic carbocycles. The molecule has 3 aromatic rings. The lowest BCUT2D eigenvalue weighted by atomic mass is 10.2. The largest absolute Gasteiger partial charge is 0.504 e. The van der Waals surface area contributed by atoms with Crippen LogP contribution in [0.4, 0.5) is 5.69 Å². The van der Waals surface area contributed by atoms with Crippen molar-refractivity contribution in [2.45, 2.75) is 6.54 Å². The van der Waals surface area contributed by atoms with Gasteiger partial charge in [0.05, 0.1) is 24.8 Å². The van der Waals surface area contributed by atoms with E-state index in [9.17, 15) is 20.0 Å². The normalized spacial score (nSPS) is 10.9. The van der Waals surface area contributed by atoms with Gasteiger partial charge in [0.15, 0.2) is 11.5 Å². The monoisotopic (exact) mass is 551 g/mol. The second kappa shape index (κ2) is 9.71. The number of rotatable bonds is 7. The van der Waals surface area contributed by atoms with Crippen LogP contribution < -0.4 is 10.2 Å². The molecule has 0 spiro atoms. The molecule has 1 aromatic heterocycles. The summed E-state index contributed by atoms with van der Waals surface area (Å²) < 4.78 is 7.87. The van der Waals surface area contributed by atoms with Crippen LogP contribution in [-0.4, -0.2) is 39.0 Å². The maximum Gasteiger partial charge on any atom is 0.320 e. The van der Waals surface area contributed by atoms with Gasteiger partial charge in [-0.25, -0.2) is 5.43 Å². The number of halogens is 2. The highest BCUT2D eigenvalue weighted by Gasteiger charge is 2.25. The Morgan fingerprint density at radius 3 is 2.68 bits per heavy atom. The Morgan fingerprint density at radius 1 is 1.32 bits per heavy atom. The Kier molecular flexibility index (Phi) is 7.02. The van der Waals surface area contributed by atoms with Crippen LogP contribution in [0.3, 0.4) is 0 Å². The van der Waals surface area contributed by atoms with E-state index < -0.39 is 16.5 Å². The minimum atomic E-state index is -0.862. The molecule has 0 bridgehead atoms. The van der Waals surface area contributed by atoms with Gasteiger partial charge in [0.2, 0.25) is 5.69 Å². The number of hydrazone groups is 1. The lowest BCUT2D eigenvalue weighted by molar-refractivity contribution is -0.385. The van der Waals surface area contributed by atoms with E-state index in [0.29, 0.717) is 4.47 Å². The van der Waals surface area contributed by atoms with Crippen molar-refractivity contribution < 1.29 is 19.6 Å². The van der Waals surface area contributed by atoms with E-state index >= 15 is 0 Å². The molecule has 0 radical (unpaired) electrons. The predicted octanol–water partition coefficient (Wildman–Crippen LogP) is 3.84. The van der Waals surface area contributed by atoms with E-state index in [-0.39, 0.29) is 29.3 Å². The summed E-state index contributed by atoms with van der Waals surface area (Å²) >= 11 is 6.61. The van der Waals surface area contributed by atoms with Crippen LogP contribution in [0.15, 0.2) is 56.6 Å². The first-order chi connectivity index (χ1) is 14.8. The van der Waals surface area contributed by atoms with Crippen molar-refractivity contribution in [1.29, 1.82) is 0 Å².